The van der Waals surface area contributed by atoms with Crippen LogP contribution >= 0.6 is 0 Å². The van der Waals surface area contributed by atoms with E-state index >= 15 is 0 Å². The number of esters is 1. The first-order valence-corrected chi connectivity index (χ1v) is 9.51. The third kappa shape index (κ3) is 4.27. The van der Waals surface area contributed by atoms with Gasteiger partial charge in [-0.05, 0) is 43.2 Å². The molecular formula is C22H27N3O3. The number of para-hydroxylation sites is 1. The average molecular weight is 381 g/mol. The first kappa shape index (κ1) is 19.7. The molecule has 1 heterocycles. The second kappa shape index (κ2) is 8.78. The summed E-state index contributed by atoms with van der Waals surface area (Å²) in [6.45, 7) is 7.42. The zero-order valence-electron chi connectivity index (χ0n) is 16.7. The number of ether oxygens (including phenoxy) is 1. The van der Waals surface area contributed by atoms with Crippen LogP contribution in [0.5, 0.6) is 0 Å². The van der Waals surface area contributed by atoms with Crippen LogP contribution in [0.25, 0.3) is 0 Å². The van der Waals surface area contributed by atoms with Crippen molar-refractivity contribution in [2.75, 3.05) is 50.1 Å². The lowest BCUT2D eigenvalue weighted by Crippen LogP contribution is -2.50. The van der Waals surface area contributed by atoms with Crippen molar-refractivity contribution in [1.82, 2.24) is 4.90 Å². The molecule has 1 aliphatic rings. The summed E-state index contributed by atoms with van der Waals surface area (Å²) in [7, 11) is 1.35. The number of benzene rings is 2. The summed E-state index contributed by atoms with van der Waals surface area (Å²) in [6, 6.07) is 13.4. The van der Waals surface area contributed by atoms with Crippen molar-refractivity contribution in [3.05, 3.63) is 59.2 Å². The summed E-state index contributed by atoms with van der Waals surface area (Å²) in [4.78, 5) is 28.7. The van der Waals surface area contributed by atoms with Crippen LogP contribution in [0.3, 0.4) is 0 Å². The first-order chi connectivity index (χ1) is 13.5. The zero-order valence-corrected chi connectivity index (χ0v) is 16.7. The number of hydrogen-bond donors (Lipinski definition) is 1. The molecule has 1 amide bonds. The van der Waals surface area contributed by atoms with Gasteiger partial charge < -0.3 is 19.9 Å². The van der Waals surface area contributed by atoms with Crippen molar-refractivity contribution in [1.29, 1.82) is 0 Å². The van der Waals surface area contributed by atoms with Crippen LogP contribution in [-0.2, 0) is 9.53 Å². The lowest BCUT2D eigenvalue weighted by molar-refractivity contribution is -0.129. The van der Waals surface area contributed by atoms with E-state index in [1.165, 1.54) is 23.9 Å². The van der Waals surface area contributed by atoms with Gasteiger partial charge in [0.15, 0.2) is 0 Å². The molecule has 1 fully saturated rings. The Morgan fingerprint density at radius 1 is 1.00 bits per heavy atom. The Balaban J connectivity index is 1.56. The van der Waals surface area contributed by atoms with Gasteiger partial charge in [-0.2, -0.15) is 0 Å². The summed E-state index contributed by atoms with van der Waals surface area (Å²) in [5.74, 6) is -0.391. The Bertz CT molecular complexity index is 858. The van der Waals surface area contributed by atoms with Crippen LogP contribution in [0.2, 0.25) is 0 Å². The van der Waals surface area contributed by atoms with Crippen molar-refractivity contribution in [3.8, 4) is 0 Å². The SMILES string of the molecule is COC(=O)c1ccccc1NCC(=O)N1CCN(c2cccc(C)c2C)CC1. The Kier molecular flexibility index (Phi) is 6.19. The summed E-state index contributed by atoms with van der Waals surface area (Å²) in [5.41, 5.74) is 4.86. The van der Waals surface area contributed by atoms with E-state index in [-0.39, 0.29) is 12.5 Å². The van der Waals surface area contributed by atoms with Crippen LogP contribution in [0.15, 0.2) is 42.5 Å². The number of nitrogens with zero attached hydrogens (tertiary/aromatic N) is 2. The van der Waals surface area contributed by atoms with Gasteiger partial charge in [-0.1, -0.05) is 24.3 Å². The molecule has 0 radical (unpaired) electrons. The Morgan fingerprint density at radius 3 is 2.43 bits per heavy atom. The lowest BCUT2D eigenvalue weighted by Gasteiger charge is -2.37. The molecule has 0 aliphatic carbocycles. The van der Waals surface area contributed by atoms with Gasteiger partial charge in [-0.15, -0.1) is 0 Å². The van der Waals surface area contributed by atoms with Crippen molar-refractivity contribution in [2.24, 2.45) is 0 Å². The second-order valence-corrected chi connectivity index (χ2v) is 6.98. The quantitative estimate of drug-likeness (QED) is 0.807. The van der Waals surface area contributed by atoms with Crippen molar-refractivity contribution in [2.45, 2.75) is 13.8 Å². The number of carbonyl (C=O) groups is 2. The van der Waals surface area contributed by atoms with E-state index in [1.54, 1.807) is 18.2 Å². The minimum atomic E-state index is -0.419. The fraction of sp³-hybridized carbons (Fsp3) is 0.364. The topological polar surface area (TPSA) is 61.9 Å². The smallest absolute Gasteiger partial charge is 0.339 e. The van der Waals surface area contributed by atoms with E-state index in [0.29, 0.717) is 24.3 Å². The molecule has 2 aromatic rings. The molecule has 1 aliphatic heterocycles. The molecule has 6 nitrogen and oxygen atoms in total. The Hall–Kier alpha value is -3.02. The Labute approximate surface area is 166 Å². The van der Waals surface area contributed by atoms with Crippen LogP contribution in [0.4, 0.5) is 11.4 Å². The molecular weight excluding hydrogens is 354 g/mol. The number of hydrogen-bond acceptors (Lipinski definition) is 5. The van der Waals surface area contributed by atoms with E-state index in [0.717, 1.165) is 13.1 Å². The summed E-state index contributed by atoms with van der Waals surface area (Å²) in [6.07, 6.45) is 0. The van der Waals surface area contributed by atoms with Gasteiger partial charge in [0.25, 0.3) is 0 Å². The number of amides is 1. The first-order valence-electron chi connectivity index (χ1n) is 9.51. The van der Waals surface area contributed by atoms with Gasteiger partial charge in [0, 0.05) is 37.6 Å². The van der Waals surface area contributed by atoms with Gasteiger partial charge >= 0.3 is 5.97 Å². The molecule has 0 saturated carbocycles. The van der Waals surface area contributed by atoms with E-state index in [1.807, 2.05) is 11.0 Å². The molecule has 0 atom stereocenters. The maximum atomic E-state index is 12.6. The molecule has 3 rings (SSSR count). The average Bonchev–Trinajstić information content (AvgIpc) is 2.73. The third-order valence-corrected chi connectivity index (χ3v) is 5.31. The number of methoxy groups -OCH3 is 1. The summed E-state index contributed by atoms with van der Waals surface area (Å²) < 4.78 is 4.79. The number of aryl methyl sites for hydroxylation is 1. The van der Waals surface area contributed by atoms with Crippen molar-refractivity contribution < 1.29 is 14.3 Å². The number of carbonyl (C=O) groups excluding carboxylic acids is 2. The minimum absolute atomic E-state index is 0.0280. The molecule has 0 unspecified atom stereocenters. The number of nitrogens with one attached hydrogen (secondary N) is 1. The maximum absolute atomic E-state index is 12.6. The number of rotatable bonds is 5. The fourth-order valence-corrected chi connectivity index (χ4v) is 3.48. The fourth-order valence-electron chi connectivity index (χ4n) is 3.48. The molecule has 6 heteroatoms. The van der Waals surface area contributed by atoms with Crippen molar-refractivity contribution >= 4 is 23.3 Å². The maximum Gasteiger partial charge on any atom is 0.339 e. The van der Waals surface area contributed by atoms with Crippen LogP contribution in [0.1, 0.15) is 21.5 Å². The van der Waals surface area contributed by atoms with Gasteiger partial charge in [-0.3, -0.25) is 4.79 Å². The van der Waals surface area contributed by atoms with E-state index < -0.39 is 5.97 Å². The number of anilines is 2. The highest BCUT2D eigenvalue weighted by Gasteiger charge is 2.22. The zero-order chi connectivity index (χ0) is 20.1. The normalized spacial score (nSPS) is 14.0. The van der Waals surface area contributed by atoms with Gasteiger partial charge in [-0.25, -0.2) is 4.79 Å². The molecule has 148 valence electrons. The largest absolute Gasteiger partial charge is 0.465 e. The molecule has 0 aromatic heterocycles. The van der Waals surface area contributed by atoms with Crippen LogP contribution in [-0.4, -0.2) is 56.6 Å². The second-order valence-electron chi connectivity index (χ2n) is 6.98. The summed E-state index contributed by atoms with van der Waals surface area (Å²) in [5, 5.41) is 3.08. The highest BCUT2D eigenvalue weighted by atomic mass is 16.5. The summed E-state index contributed by atoms with van der Waals surface area (Å²) >= 11 is 0. The van der Waals surface area contributed by atoms with E-state index in [9.17, 15) is 9.59 Å². The number of piperazine rings is 1. The molecule has 0 spiro atoms. The molecule has 0 bridgehead atoms. The van der Waals surface area contributed by atoms with Crippen molar-refractivity contribution in [3.63, 3.8) is 0 Å². The monoisotopic (exact) mass is 381 g/mol. The van der Waals surface area contributed by atoms with E-state index in [2.05, 4.69) is 42.3 Å². The van der Waals surface area contributed by atoms with Gasteiger partial charge in [0.2, 0.25) is 5.91 Å². The molecule has 28 heavy (non-hydrogen) atoms. The highest BCUT2D eigenvalue weighted by molar-refractivity contribution is 5.96. The molecule has 1 saturated heterocycles. The predicted octanol–water partition coefficient (Wildman–Crippen LogP) is 2.85. The van der Waals surface area contributed by atoms with E-state index in [4.69, 9.17) is 4.74 Å². The highest BCUT2D eigenvalue weighted by Crippen LogP contribution is 2.24. The Morgan fingerprint density at radius 2 is 1.71 bits per heavy atom. The lowest BCUT2D eigenvalue weighted by atomic mass is 10.1. The van der Waals surface area contributed by atoms with Gasteiger partial charge in [0.1, 0.15) is 0 Å². The van der Waals surface area contributed by atoms with Crippen LogP contribution in [0, 0.1) is 13.8 Å². The predicted molar refractivity (Wildman–Crippen MR) is 111 cm³/mol. The van der Waals surface area contributed by atoms with Crippen LogP contribution < -0.4 is 10.2 Å². The standard InChI is InChI=1S/C22H27N3O3/c1-16-7-6-10-20(17(16)2)24-11-13-25(14-12-24)21(26)15-23-19-9-5-4-8-18(19)22(27)28-3/h4-10,23H,11-15H2,1-3H3. The third-order valence-electron chi connectivity index (χ3n) is 5.31. The van der Waals surface area contributed by atoms with Gasteiger partial charge in [0.05, 0.1) is 19.2 Å². The molecule has 1 N–H and O–H groups in total. The minimum Gasteiger partial charge on any atom is -0.465 e. The molecule has 2 aromatic carbocycles.